The molecule has 0 aromatic carbocycles. The fourth-order valence-corrected chi connectivity index (χ4v) is 61.2. The highest BCUT2D eigenvalue weighted by Gasteiger charge is 2.44. The Kier molecular flexibility index (Phi) is 64.0. The van der Waals surface area contributed by atoms with Gasteiger partial charge in [0.1, 0.15) is 22.9 Å². The van der Waals surface area contributed by atoms with Crippen LogP contribution in [0.25, 0.3) is 0 Å². The summed E-state index contributed by atoms with van der Waals surface area (Å²) in [6, 6.07) is 3.92. The quantitative estimate of drug-likeness (QED) is 0.0208. The first-order valence-corrected chi connectivity index (χ1v) is 73.7. The van der Waals surface area contributed by atoms with E-state index >= 15 is 0 Å². The molecular formula is C68H176O20Si12. The van der Waals surface area contributed by atoms with Gasteiger partial charge in [0.15, 0.2) is 66.5 Å². The number of ether oxygens (including phenoxy) is 4. The van der Waals surface area contributed by atoms with Crippen LogP contribution in [0.15, 0.2) is 0 Å². The number of unbranched alkanes of at least 4 members (excludes halogenated alkanes) is 6. The minimum atomic E-state index is -2.17. The summed E-state index contributed by atoms with van der Waals surface area (Å²) in [7, 11) is -21.7. The molecule has 0 amide bonds. The zero-order valence-electron chi connectivity index (χ0n) is 68.1. The molecular weight excluding hydrogens is 1470 g/mol. The predicted molar refractivity (Wildman–Crippen MR) is 458 cm³/mol. The molecule has 0 saturated heterocycles. The Hall–Kier alpha value is 1.80. The molecule has 0 aliphatic rings. The van der Waals surface area contributed by atoms with Crippen molar-refractivity contribution in [1.82, 2.24) is 0 Å². The van der Waals surface area contributed by atoms with Gasteiger partial charge in [0.2, 0.25) is 0 Å². The van der Waals surface area contributed by atoms with Crippen molar-refractivity contribution in [3.63, 3.8) is 0 Å². The average molecular weight is 1650 g/mol. The third-order valence-electron chi connectivity index (χ3n) is 14.3. The van der Waals surface area contributed by atoms with Gasteiger partial charge in [0, 0.05) is 26.4 Å². The minimum absolute atomic E-state index is 0. The molecule has 1 unspecified atom stereocenters. The Morgan fingerprint density at radius 3 is 0.630 bits per heavy atom. The lowest BCUT2D eigenvalue weighted by Gasteiger charge is -2.38. The van der Waals surface area contributed by atoms with Crippen molar-refractivity contribution >= 4 is 101 Å². The first-order chi connectivity index (χ1) is 43.3. The summed E-state index contributed by atoms with van der Waals surface area (Å²) >= 11 is 0. The molecule has 0 heterocycles. The predicted octanol–water partition coefficient (Wildman–Crippen LogP) is 17.3. The second-order valence-corrected chi connectivity index (χ2v) is 86.2. The Bertz CT molecular complexity index is 1820. The molecule has 0 rings (SSSR count). The van der Waals surface area contributed by atoms with Crippen molar-refractivity contribution in [2.75, 3.05) is 79.3 Å². The zero-order valence-corrected chi connectivity index (χ0v) is 80.1. The number of hydrogen-bond donors (Lipinski definition) is 8. The van der Waals surface area contributed by atoms with Crippen LogP contribution >= 0.6 is 0 Å². The van der Waals surface area contributed by atoms with Crippen LogP contribution < -0.4 is 0 Å². The molecule has 0 fully saturated rings. The third kappa shape index (κ3) is 66.8. The van der Waals surface area contributed by atoms with Crippen LogP contribution in [0.1, 0.15) is 134 Å². The van der Waals surface area contributed by atoms with E-state index < -0.39 is 124 Å². The van der Waals surface area contributed by atoms with Gasteiger partial charge < -0.3 is 92.7 Å². The van der Waals surface area contributed by atoms with Gasteiger partial charge >= 0.3 is 34.2 Å². The molecule has 0 bridgehead atoms. The van der Waals surface area contributed by atoms with Crippen molar-refractivity contribution < 1.29 is 92.7 Å². The summed E-state index contributed by atoms with van der Waals surface area (Å²) in [6.07, 6.45) is 11.1. The lowest BCUT2D eigenvalue weighted by molar-refractivity contribution is -0.111. The number of rotatable bonds is 53. The van der Waals surface area contributed by atoms with Gasteiger partial charge in [-0.15, -0.1) is 0 Å². The Morgan fingerprint density at radius 1 is 0.260 bits per heavy atom. The van der Waals surface area contributed by atoms with Crippen LogP contribution in [-0.2, 0) is 51.9 Å². The van der Waals surface area contributed by atoms with Crippen LogP contribution in [0.3, 0.4) is 0 Å². The second kappa shape index (κ2) is 54.4. The molecule has 0 radical (unpaired) electrons. The molecule has 0 aliphatic carbocycles. The van der Waals surface area contributed by atoms with Crippen LogP contribution in [0.5, 0.6) is 0 Å². The molecule has 100 heavy (non-hydrogen) atoms. The van der Waals surface area contributed by atoms with Crippen molar-refractivity contribution in [2.45, 2.75) is 364 Å². The van der Waals surface area contributed by atoms with E-state index in [0.717, 1.165) is 88.4 Å². The largest absolute Gasteiger partial charge is 0.437 e. The molecule has 0 aromatic heterocycles. The highest BCUT2D eigenvalue weighted by atomic mass is 28.5. The highest BCUT2D eigenvalue weighted by molar-refractivity contribution is 6.90. The SMILES string of the molecule is C.C.C.C.CCC(CO)(CO)OCCCCCC[Si](C)(O[Si](C)(C)C)O[Si](C)(C)C.CCC(CO)(CO)OCCCCC[Si](C)(O[Si](C)(C)C)O[Si](C)(C)C.CCC(CO)(CO)OCCCC[Si](C)(O[Si](C)(C)C)O[Si](C)(C)C.C[Si](C)(C)O[Si](C)(CCCOCC(O)CO)O[Si](C)(C)C. The molecule has 20 nitrogen and oxygen atoms in total. The van der Waals surface area contributed by atoms with E-state index in [-0.39, 0.29) is 82.6 Å². The summed E-state index contributed by atoms with van der Waals surface area (Å²) < 4.78 is 74.4. The van der Waals surface area contributed by atoms with E-state index in [9.17, 15) is 35.7 Å². The number of aliphatic hydroxyl groups is 8. The monoisotopic (exact) mass is 1650 g/mol. The number of hydrogen-bond acceptors (Lipinski definition) is 20. The van der Waals surface area contributed by atoms with E-state index in [2.05, 4.69) is 183 Å². The van der Waals surface area contributed by atoms with Gasteiger partial charge in [0.25, 0.3) is 0 Å². The standard InChI is InChI=1S/C18H44O5Si3.C17H42O5Si3.C16H40O5Si3.C13H34O5Si3.4CH4/c1-9-18(16-19,17-20)21-14-12-10-11-13-15-26(8,22-24(2,3)4)23-25(5,6)7;1-9-17(15-18,16-19)20-13-11-10-12-14-25(8,21-23(2,3)4)22-24(5,6)7;1-9-16(14-17,15-18)19-12-10-11-13-24(8,20-22(2,3)4)21-23(5,6)7;1-19(2,3)17-21(7,18-20(4,5)6)10-8-9-16-12-13(15)11-14;;;;/h19-20H,9-17H2,1-8H3;18-19H,9-16H2,1-8H3;17-18H,9-15H2,1-8H3;13-15H,8-12H2,1-7H3;4*1H4. The summed E-state index contributed by atoms with van der Waals surface area (Å²) in [5.41, 5.74) is -2.36. The van der Waals surface area contributed by atoms with Gasteiger partial charge in [-0.05, 0) is 259 Å². The molecule has 32 heteroatoms. The maximum absolute atomic E-state index is 9.41. The first-order valence-electron chi connectivity index (χ1n) is 36.3. The molecule has 8 N–H and O–H groups in total. The Morgan fingerprint density at radius 2 is 0.440 bits per heavy atom. The lowest BCUT2D eigenvalue weighted by atomic mass is 10.0. The van der Waals surface area contributed by atoms with E-state index in [1.54, 1.807) is 0 Å². The topological polar surface area (TPSA) is 273 Å². The van der Waals surface area contributed by atoms with E-state index in [0.29, 0.717) is 45.7 Å². The molecule has 1 atom stereocenters. The third-order valence-corrected chi connectivity index (χ3v) is 52.8. The van der Waals surface area contributed by atoms with E-state index in [4.69, 9.17) is 57.0 Å². The smallest absolute Gasteiger partial charge is 0.314 e. The highest BCUT2D eigenvalue weighted by Crippen LogP contribution is 2.31. The van der Waals surface area contributed by atoms with Crippen molar-refractivity contribution in [1.29, 1.82) is 0 Å². The summed E-state index contributed by atoms with van der Waals surface area (Å²) in [4.78, 5) is 0. The van der Waals surface area contributed by atoms with Crippen LogP contribution in [0, 0.1) is 0 Å². The molecule has 0 aromatic rings. The molecule has 0 aliphatic heterocycles. The summed E-state index contributed by atoms with van der Waals surface area (Å²) in [6.45, 7) is 69.2. The Balaban J connectivity index is -0.000000186. The maximum Gasteiger partial charge on any atom is 0.314 e. The van der Waals surface area contributed by atoms with Crippen LogP contribution in [-0.4, -0.2) is 244 Å². The van der Waals surface area contributed by atoms with Gasteiger partial charge in [-0.2, -0.15) is 0 Å². The molecule has 616 valence electrons. The van der Waals surface area contributed by atoms with Gasteiger partial charge in [-0.3, -0.25) is 0 Å². The zero-order chi connectivity index (χ0) is 76.1. The summed E-state index contributed by atoms with van der Waals surface area (Å²) in [5, 5.41) is 74.3. The summed E-state index contributed by atoms with van der Waals surface area (Å²) in [5.74, 6) is 0. The van der Waals surface area contributed by atoms with Crippen LogP contribution in [0.2, 0.25) is 207 Å². The van der Waals surface area contributed by atoms with Crippen molar-refractivity contribution in [3.8, 4) is 0 Å². The fraction of sp³-hybridized carbons (Fsp3) is 1.00. The van der Waals surface area contributed by atoms with Crippen LogP contribution in [0.4, 0.5) is 0 Å². The van der Waals surface area contributed by atoms with Gasteiger partial charge in [-0.25, -0.2) is 0 Å². The second-order valence-electron chi connectivity index (χ2n) is 34.8. The maximum atomic E-state index is 9.41. The van der Waals surface area contributed by atoms with Gasteiger partial charge in [-0.1, -0.05) is 82.6 Å². The van der Waals surface area contributed by atoms with Crippen molar-refractivity contribution in [2.24, 2.45) is 0 Å². The lowest BCUT2D eigenvalue weighted by Crippen LogP contribution is -2.52. The normalized spacial score (nSPS) is 13.8. The molecule has 0 spiro atoms. The number of aliphatic hydroxyl groups excluding tert-OH is 8. The molecule has 0 saturated carbocycles. The first kappa shape index (κ1) is 118. The fourth-order valence-electron chi connectivity index (χ4n) is 10.9. The Labute approximate surface area is 632 Å². The average Bonchev–Trinajstić information content (AvgIpc) is 0.856. The van der Waals surface area contributed by atoms with E-state index in [1.807, 2.05) is 20.8 Å². The minimum Gasteiger partial charge on any atom is -0.437 e. The van der Waals surface area contributed by atoms with Crippen molar-refractivity contribution in [3.05, 3.63) is 0 Å². The van der Waals surface area contributed by atoms with E-state index in [1.165, 1.54) is 0 Å². The van der Waals surface area contributed by atoms with Gasteiger partial charge in [0.05, 0.1) is 52.9 Å².